The maximum Gasteiger partial charge on any atom is 0.284 e. The zero-order valence-electron chi connectivity index (χ0n) is 16.1. The van der Waals surface area contributed by atoms with Gasteiger partial charge in [0.25, 0.3) is 15.9 Å². The lowest BCUT2D eigenvalue weighted by atomic mass is 10.1. The number of hydrogen-bond donors (Lipinski definition) is 2. The van der Waals surface area contributed by atoms with E-state index >= 15 is 0 Å². The minimum absolute atomic E-state index is 0.00369. The van der Waals surface area contributed by atoms with E-state index in [1.807, 2.05) is 6.92 Å². The third-order valence-electron chi connectivity index (χ3n) is 4.33. The van der Waals surface area contributed by atoms with E-state index in [2.05, 4.69) is 11.0 Å². The number of rotatable bonds is 6. The molecule has 3 rings (SSSR count). The maximum absolute atomic E-state index is 12.8. The van der Waals surface area contributed by atoms with Crippen molar-refractivity contribution >= 4 is 38.9 Å². The van der Waals surface area contributed by atoms with Crippen LogP contribution in [0.25, 0.3) is 6.08 Å². The number of phenols is 2. The molecule has 1 fully saturated rings. The number of amidine groups is 1. The van der Waals surface area contributed by atoms with Crippen LogP contribution in [0.5, 0.6) is 11.5 Å². The molecule has 1 amide bonds. The van der Waals surface area contributed by atoms with Crippen molar-refractivity contribution in [2.45, 2.75) is 18.2 Å². The van der Waals surface area contributed by atoms with Gasteiger partial charge in [0.05, 0.1) is 9.80 Å². The number of carbonyl (C=O) groups is 1. The Kier molecular flexibility index (Phi) is 6.33. The number of thioether (sulfide) groups is 1. The van der Waals surface area contributed by atoms with E-state index < -0.39 is 15.9 Å². The first-order chi connectivity index (χ1) is 14.2. The van der Waals surface area contributed by atoms with Crippen molar-refractivity contribution in [1.82, 2.24) is 4.90 Å². The molecule has 2 N–H and O–H groups in total. The lowest BCUT2D eigenvalue weighted by Gasteiger charge is -2.12. The van der Waals surface area contributed by atoms with Crippen molar-refractivity contribution in [3.63, 3.8) is 0 Å². The number of nitrogens with zero attached hydrogens (tertiary/aromatic N) is 2. The number of carbonyl (C=O) groups excluding carboxylic acids is 1. The van der Waals surface area contributed by atoms with Gasteiger partial charge in [-0.25, -0.2) is 0 Å². The first kappa shape index (κ1) is 21.7. The van der Waals surface area contributed by atoms with Gasteiger partial charge in [0, 0.05) is 18.2 Å². The van der Waals surface area contributed by atoms with Crippen LogP contribution >= 0.6 is 11.8 Å². The Hall–Kier alpha value is -3.04. The second-order valence-corrected chi connectivity index (χ2v) is 9.02. The molecule has 30 heavy (non-hydrogen) atoms. The predicted octanol–water partition coefficient (Wildman–Crippen LogP) is 3.51. The zero-order chi connectivity index (χ0) is 21.9. The van der Waals surface area contributed by atoms with Crippen LogP contribution in [-0.2, 0) is 21.2 Å². The molecule has 2 aromatic carbocycles. The van der Waals surface area contributed by atoms with E-state index in [0.717, 1.165) is 29.8 Å². The molecule has 7 nitrogen and oxygen atoms in total. The summed E-state index contributed by atoms with van der Waals surface area (Å²) in [6.07, 6.45) is 3.67. The van der Waals surface area contributed by atoms with E-state index in [9.17, 15) is 23.4 Å². The molecule has 0 radical (unpaired) electrons. The Labute approximate surface area is 179 Å². The van der Waals surface area contributed by atoms with Gasteiger partial charge in [-0.1, -0.05) is 25.1 Å². The molecule has 0 aliphatic carbocycles. The highest BCUT2D eigenvalue weighted by Crippen LogP contribution is 2.35. The summed E-state index contributed by atoms with van der Waals surface area (Å²) in [5.41, 5.74) is 1.31. The second kappa shape index (κ2) is 8.76. The molecule has 0 bridgehead atoms. The topological polar surface area (TPSA) is 107 Å². The molecule has 0 unspecified atom stereocenters. The summed E-state index contributed by atoms with van der Waals surface area (Å²) >= 11 is 0.891. The van der Waals surface area contributed by atoms with Crippen molar-refractivity contribution in [1.29, 1.82) is 0 Å². The van der Waals surface area contributed by atoms with Gasteiger partial charge in [-0.05, 0) is 54.1 Å². The molecule has 0 aromatic heterocycles. The van der Waals surface area contributed by atoms with Crippen LogP contribution in [0.1, 0.15) is 18.1 Å². The lowest BCUT2D eigenvalue weighted by Crippen LogP contribution is -2.29. The van der Waals surface area contributed by atoms with Gasteiger partial charge in [-0.3, -0.25) is 9.69 Å². The normalized spacial score (nSPS) is 17.1. The van der Waals surface area contributed by atoms with Crippen molar-refractivity contribution in [3.05, 3.63) is 71.2 Å². The molecule has 1 aliphatic heterocycles. The minimum atomic E-state index is -4.02. The van der Waals surface area contributed by atoms with E-state index in [0.29, 0.717) is 5.56 Å². The summed E-state index contributed by atoms with van der Waals surface area (Å²) in [7, 11) is -4.02. The quantitative estimate of drug-likeness (QED) is 0.522. The monoisotopic (exact) mass is 444 g/mol. The molecule has 1 heterocycles. The zero-order valence-corrected chi connectivity index (χ0v) is 17.8. The van der Waals surface area contributed by atoms with Crippen LogP contribution < -0.4 is 0 Å². The largest absolute Gasteiger partial charge is 0.508 e. The van der Waals surface area contributed by atoms with E-state index in [-0.39, 0.29) is 33.0 Å². The molecular weight excluding hydrogens is 424 g/mol. The fourth-order valence-electron chi connectivity index (χ4n) is 2.71. The van der Waals surface area contributed by atoms with Crippen LogP contribution in [0.2, 0.25) is 0 Å². The number of aryl methyl sites for hydroxylation is 1. The molecule has 2 aromatic rings. The van der Waals surface area contributed by atoms with Gasteiger partial charge in [-0.15, -0.1) is 11.0 Å². The number of amides is 1. The lowest BCUT2D eigenvalue weighted by molar-refractivity contribution is -0.121. The minimum Gasteiger partial charge on any atom is -0.508 e. The maximum atomic E-state index is 12.8. The predicted molar refractivity (Wildman–Crippen MR) is 118 cm³/mol. The van der Waals surface area contributed by atoms with Crippen molar-refractivity contribution in [2.24, 2.45) is 4.40 Å². The smallest absolute Gasteiger partial charge is 0.284 e. The van der Waals surface area contributed by atoms with Gasteiger partial charge < -0.3 is 10.2 Å². The Balaban J connectivity index is 1.99. The molecule has 9 heteroatoms. The van der Waals surface area contributed by atoms with Gasteiger partial charge in [0.15, 0.2) is 5.17 Å². The number of hydrogen-bond acceptors (Lipinski definition) is 6. The highest BCUT2D eigenvalue weighted by Gasteiger charge is 2.34. The average Bonchev–Trinajstić information content (AvgIpc) is 2.98. The Morgan fingerprint density at radius 3 is 2.47 bits per heavy atom. The van der Waals surface area contributed by atoms with E-state index in [4.69, 9.17) is 0 Å². The highest BCUT2D eigenvalue weighted by molar-refractivity contribution is 8.19. The SMILES string of the molecule is C=CCN1C(=O)C(=Cc2ccc(O)cc2O)SC1=NS(=O)(=O)c1ccc(CC)cc1. The summed E-state index contributed by atoms with van der Waals surface area (Å²) in [4.78, 5) is 14.2. The Bertz CT molecular complexity index is 1150. The van der Waals surface area contributed by atoms with Crippen LogP contribution in [0, 0.1) is 0 Å². The van der Waals surface area contributed by atoms with Crippen molar-refractivity contribution in [2.75, 3.05) is 6.54 Å². The molecule has 1 saturated heterocycles. The van der Waals surface area contributed by atoms with Crippen LogP contribution in [0.3, 0.4) is 0 Å². The third-order valence-corrected chi connectivity index (χ3v) is 6.73. The third kappa shape index (κ3) is 4.58. The van der Waals surface area contributed by atoms with Crippen molar-refractivity contribution in [3.8, 4) is 11.5 Å². The number of phenolic OH excluding ortho intramolecular Hbond substituents is 2. The number of benzene rings is 2. The standard InChI is InChI=1S/C21H20N2O5S2/c1-3-11-23-20(26)19(12-15-7-8-16(24)13-18(15)25)29-21(23)22-30(27,28)17-9-5-14(4-2)6-10-17/h3,5-10,12-13,24-25H,1,4,11H2,2H3. The van der Waals surface area contributed by atoms with Crippen molar-refractivity contribution < 1.29 is 23.4 Å². The van der Waals surface area contributed by atoms with Gasteiger partial charge >= 0.3 is 0 Å². The summed E-state index contributed by atoms with van der Waals surface area (Å²) in [5.74, 6) is -0.779. The van der Waals surface area contributed by atoms with E-state index in [1.54, 1.807) is 12.1 Å². The Morgan fingerprint density at radius 1 is 1.17 bits per heavy atom. The van der Waals surface area contributed by atoms with E-state index in [1.165, 1.54) is 41.3 Å². The van der Waals surface area contributed by atoms with Gasteiger partial charge in [0.2, 0.25) is 0 Å². The summed E-state index contributed by atoms with van der Waals surface area (Å²) < 4.78 is 29.4. The highest BCUT2D eigenvalue weighted by atomic mass is 32.2. The molecule has 0 spiro atoms. The molecule has 0 atom stereocenters. The molecule has 0 saturated carbocycles. The fraction of sp³-hybridized carbons (Fsp3) is 0.143. The van der Waals surface area contributed by atoms with Crippen LogP contribution in [0.15, 0.2) is 69.3 Å². The van der Waals surface area contributed by atoms with Crippen LogP contribution in [-0.4, -0.2) is 41.2 Å². The summed E-state index contributed by atoms with van der Waals surface area (Å²) in [5, 5.41) is 19.4. The van der Waals surface area contributed by atoms with Gasteiger partial charge in [-0.2, -0.15) is 8.42 Å². The fourth-order valence-corrected chi connectivity index (χ4v) is 4.89. The number of sulfonamides is 1. The second-order valence-electron chi connectivity index (χ2n) is 6.40. The average molecular weight is 445 g/mol. The first-order valence-corrected chi connectivity index (χ1v) is 11.3. The first-order valence-electron chi connectivity index (χ1n) is 9.03. The number of aromatic hydroxyl groups is 2. The summed E-state index contributed by atoms with van der Waals surface area (Å²) in [6.45, 7) is 5.65. The molecule has 156 valence electrons. The van der Waals surface area contributed by atoms with Crippen LogP contribution in [0.4, 0.5) is 0 Å². The molecule has 1 aliphatic rings. The summed E-state index contributed by atoms with van der Waals surface area (Å²) in [6, 6.07) is 10.4. The Morgan fingerprint density at radius 2 is 1.87 bits per heavy atom. The van der Waals surface area contributed by atoms with Gasteiger partial charge in [0.1, 0.15) is 11.5 Å². The molecular formula is C21H20N2O5S2.